The van der Waals surface area contributed by atoms with E-state index in [0.717, 1.165) is 31.6 Å². The Morgan fingerprint density at radius 2 is 2.41 bits per heavy atom. The second-order valence-electron chi connectivity index (χ2n) is 4.23. The number of hydrogen-bond donors (Lipinski definition) is 3. The fourth-order valence-electron chi connectivity index (χ4n) is 1.91. The predicted octanol–water partition coefficient (Wildman–Crippen LogP) is 0.871. The Kier molecular flexibility index (Phi) is 3.58. The number of rotatable bonds is 3. The second kappa shape index (κ2) is 5.14. The summed E-state index contributed by atoms with van der Waals surface area (Å²) < 4.78 is 12.9. The first-order valence-electron chi connectivity index (χ1n) is 5.64. The molecular formula is C12H15FN2O2. The number of hydrogen-bond acceptors (Lipinski definition) is 3. The van der Waals surface area contributed by atoms with E-state index >= 15 is 0 Å². The van der Waals surface area contributed by atoms with Crippen molar-refractivity contribution in [1.82, 2.24) is 10.6 Å². The van der Waals surface area contributed by atoms with Crippen LogP contribution in [0.5, 0.6) is 5.75 Å². The van der Waals surface area contributed by atoms with Crippen LogP contribution < -0.4 is 10.6 Å². The summed E-state index contributed by atoms with van der Waals surface area (Å²) in [4.78, 5) is 11.7. The van der Waals surface area contributed by atoms with E-state index in [4.69, 9.17) is 0 Å². The number of nitrogens with one attached hydrogen (secondary N) is 2. The number of aromatic hydroxyl groups is 1. The zero-order valence-corrected chi connectivity index (χ0v) is 9.37. The Labute approximate surface area is 98.8 Å². The van der Waals surface area contributed by atoms with Crippen molar-refractivity contribution in [3.05, 3.63) is 29.6 Å². The topological polar surface area (TPSA) is 61.4 Å². The van der Waals surface area contributed by atoms with Crippen molar-refractivity contribution in [2.24, 2.45) is 5.92 Å². The van der Waals surface area contributed by atoms with Gasteiger partial charge in [-0.3, -0.25) is 4.79 Å². The van der Waals surface area contributed by atoms with Gasteiger partial charge in [-0.2, -0.15) is 0 Å². The van der Waals surface area contributed by atoms with Gasteiger partial charge in [-0.15, -0.1) is 0 Å². The molecule has 3 N–H and O–H groups in total. The fourth-order valence-corrected chi connectivity index (χ4v) is 1.91. The average Bonchev–Trinajstić information content (AvgIpc) is 2.82. The summed E-state index contributed by atoms with van der Waals surface area (Å²) in [6, 6.07) is 3.34. The first-order chi connectivity index (χ1) is 8.16. The van der Waals surface area contributed by atoms with Crippen LogP contribution in [-0.2, 0) is 0 Å². The number of amides is 1. The van der Waals surface area contributed by atoms with Crippen LogP contribution in [0.15, 0.2) is 18.2 Å². The molecule has 0 spiro atoms. The zero-order chi connectivity index (χ0) is 12.3. The molecule has 1 aliphatic rings. The van der Waals surface area contributed by atoms with Gasteiger partial charge in [0.15, 0.2) is 0 Å². The van der Waals surface area contributed by atoms with Gasteiger partial charge in [-0.1, -0.05) is 0 Å². The highest BCUT2D eigenvalue weighted by Crippen LogP contribution is 2.17. The standard InChI is InChI=1S/C12H15FN2O2/c13-9-1-2-11(16)10(5-9)12(17)15-7-8-3-4-14-6-8/h1-2,5,8,14,16H,3-4,6-7H2,(H,15,17). The molecule has 17 heavy (non-hydrogen) atoms. The SMILES string of the molecule is O=C(NCC1CCNC1)c1cc(F)ccc1O. The first-order valence-corrected chi connectivity index (χ1v) is 5.64. The van der Waals surface area contributed by atoms with E-state index in [0.29, 0.717) is 12.5 Å². The van der Waals surface area contributed by atoms with Gasteiger partial charge in [0.2, 0.25) is 0 Å². The lowest BCUT2D eigenvalue weighted by molar-refractivity contribution is 0.0945. The van der Waals surface area contributed by atoms with Crippen molar-refractivity contribution in [3.63, 3.8) is 0 Å². The third-order valence-corrected chi connectivity index (χ3v) is 2.92. The van der Waals surface area contributed by atoms with Crippen LogP contribution in [0.1, 0.15) is 16.8 Å². The lowest BCUT2D eigenvalue weighted by Gasteiger charge is -2.10. The van der Waals surface area contributed by atoms with Gasteiger partial charge in [-0.05, 0) is 43.6 Å². The van der Waals surface area contributed by atoms with E-state index in [2.05, 4.69) is 10.6 Å². The minimum absolute atomic E-state index is 0.0176. The number of carbonyl (C=O) groups excluding carboxylic acids is 1. The van der Waals surface area contributed by atoms with E-state index in [9.17, 15) is 14.3 Å². The molecule has 0 aliphatic carbocycles. The molecule has 2 rings (SSSR count). The van der Waals surface area contributed by atoms with Gasteiger partial charge in [0.1, 0.15) is 11.6 Å². The maximum Gasteiger partial charge on any atom is 0.255 e. The fraction of sp³-hybridized carbons (Fsp3) is 0.417. The molecule has 0 aromatic heterocycles. The molecule has 0 radical (unpaired) electrons. The van der Waals surface area contributed by atoms with Crippen LogP contribution >= 0.6 is 0 Å². The Morgan fingerprint density at radius 1 is 1.59 bits per heavy atom. The molecule has 1 aromatic carbocycles. The number of halogens is 1. The predicted molar refractivity (Wildman–Crippen MR) is 61.4 cm³/mol. The molecule has 1 aromatic rings. The maximum absolute atomic E-state index is 12.9. The second-order valence-corrected chi connectivity index (χ2v) is 4.23. The average molecular weight is 238 g/mol. The summed E-state index contributed by atoms with van der Waals surface area (Å²) in [5.41, 5.74) is -0.0176. The highest BCUT2D eigenvalue weighted by molar-refractivity contribution is 5.96. The minimum Gasteiger partial charge on any atom is -0.507 e. The van der Waals surface area contributed by atoms with Crippen molar-refractivity contribution >= 4 is 5.91 Å². The Morgan fingerprint density at radius 3 is 3.12 bits per heavy atom. The molecule has 1 amide bonds. The van der Waals surface area contributed by atoms with Gasteiger partial charge >= 0.3 is 0 Å². The molecule has 1 heterocycles. The molecule has 1 fully saturated rings. The van der Waals surface area contributed by atoms with Crippen molar-refractivity contribution in [2.45, 2.75) is 6.42 Å². The molecule has 92 valence electrons. The Balaban J connectivity index is 1.96. The molecule has 0 saturated carbocycles. The van der Waals surface area contributed by atoms with Gasteiger partial charge in [0.05, 0.1) is 5.56 Å². The van der Waals surface area contributed by atoms with E-state index in [-0.39, 0.29) is 11.3 Å². The molecule has 0 bridgehead atoms. The largest absolute Gasteiger partial charge is 0.507 e. The molecule has 1 atom stereocenters. The summed E-state index contributed by atoms with van der Waals surface area (Å²) in [5, 5.41) is 15.4. The minimum atomic E-state index is -0.532. The molecule has 5 heteroatoms. The van der Waals surface area contributed by atoms with Crippen molar-refractivity contribution in [3.8, 4) is 5.75 Å². The number of phenolic OH excluding ortho intramolecular Hbond substituents is 1. The van der Waals surface area contributed by atoms with Crippen LogP contribution in [0.3, 0.4) is 0 Å². The first kappa shape index (κ1) is 11.9. The van der Waals surface area contributed by atoms with Crippen molar-refractivity contribution < 1.29 is 14.3 Å². The van der Waals surface area contributed by atoms with Crippen molar-refractivity contribution in [2.75, 3.05) is 19.6 Å². The van der Waals surface area contributed by atoms with Crippen LogP contribution in [0.2, 0.25) is 0 Å². The van der Waals surface area contributed by atoms with E-state index < -0.39 is 11.7 Å². The summed E-state index contributed by atoms with van der Waals surface area (Å²) >= 11 is 0. The monoisotopic (exact) mass is 238 g/mol. The normalized spacial score (nSPS) is 19.2. The van der Waals surface area contributed by atoms with E-state index in [1.807, 2.05) is 0 Å². The van der Waals surface area contributed by atoms with Gasteiger partial charge in [0, 0.05) is 6.54 Å². The van der Waals surface area contributed by atoms with Gasteiger partial charge < -0.3 is 15.7 Å². The molecule has 4 nitrogen and oxygen atoms in total. The van der Waals surface area contributed by atoms with Gasteiger partial charge in [0.25, 0.3) is 5.91 Å². The lowest BCUT2D eigenvalue weighted by atomic mass is 10.1. The van der Waals surface area contributed by atoms with E-state index in [1.54, 1.807) is 0 Å². The molecule has 1 unspecified atom stereocenters. The smallest absolute Gasteiger partial charge is 0.255 e. The number of carbonyl (C=O) groups is 1. The maximum atomic E-state index is 12.9. The van der Waals surface area contributed by atoms with Crippen LogP contribution in [-0.4, -0.2) is 30.6 Å². The molecular weight excluding hydrogens is 223 g/mol. The third kappa shape index (κ3) is 2.94. The molecule has 1 aliphatic heterocycles. The summed E-state index contributed by atoms with van der Waals surface area (Å²) in [5.74, 6) is -0.757. The number of phenols is 1. The molecule has 1 saturated heterocycles. The zero-order valence-electron chi connectivity index (χ0n) is 9.37. The third-order valence-electron chi connectivity index (χ3n) is 2.92. The summed E-state index contributed by atoms with van der Waals surface area (Å²) in [6.45, 7) is 2.39. The highest BCUT2D eigenvalue weighted by atomic mass is 19.1. The number of benzene rings is 1. The highest BCUT2D eigenvalue weighted by Gasteiger charge is 2.17. The summed E-state index contributed by atoms with van der Waals surface area (Å²) in [7, 11) is 0. The van der Waals surface area contributed by atoms with Crippen molar-refractivity contribution in [1.29, 1.82) is 0 Å². The van der Waals surface area contributed by atoms with Crippen LogP contribution in [0.25, 0.3) is 0 Å². The summed E-state index contributed by atoms with van der Waals surface area (Å²) in [6.07, 6.45) is 1.02. The Hall–Kier alpha value is -1.62. The van der Waals surface area contributed by atoms with Gasteiger partial charge in [-0.25, -0.2) is 4.39 Å². The lowest BCUT2D eigenvalue weighted by Crippen LogP contribution is -2.30. The van der Waals surface area contributed by atoms with Crippen LogP contribution in [0, 0.1) is 11.7 Å². The quantitative estimate of drug-likeness (QED) is 0.732. The van der Waals surface area contributed by atoms with Crippen LogP contribution in [0.4, 0.5) is 4.39 Å². The Bertz CT molecular complexity index is 417. The van der Waals surface area contributed by atoms with E-state index in [1.165, 1.54) is 6.07 Å².